The van der Waals surface area contributed by atoms with E-state index >= 15 is 0 Å². The van der Waals surface area contributed by atoms with Crippen molar-refractivity contribution in [2.75, 3.05) is 13.7 Å². The van der Waals surface area contributed by atoms with Crippen molar-refractivity contribution in [2.24, 2.45) is 0 Å². The average Bonchev–Trinajstić information content (AvgIpc) is 3.34. The molecule has 0 N–H and O–H groups in total. The van der Waals surface area contributed by atoms with Crippen molar-refractivity contribution in [3.63, 3.8) is 0 Å². The van der Waals surface area contributed by atoms with E-state index in [9.17, 15) is 4.79 Å². The maximum Gasteiger partial charge on any atom is 0.411 e. The molecule has 0 saturated carbocycles. The predicted molar refractivity (Wildman–Crippen MR) is 128 cm³/mol. The minimum Gasteiger partial charge on any atom is -0.497 e. The Morgan fingerprint density at radius 1 is 0.969 bits per heavy atom. The van der Waals surface area contributed by atoms with Gasteiger partial charge in [0.05, 0.1) is 7.11 Å². The Hall–Kier alpha value is -2.17. The number of fused-ring (bicyclic) bond motifs is 1. The van der Waals surface area contributed by atoms with Crippen molar-refractivity contribution < 1.29 is 19.0 Å². The second-order valence-electron chi connectivity index (χ2n) is 9.09. The number of amides is 1. The van der Waals surface area contributed by atoms with E-state index in [0.717, 1.165) is 23.5 Å². The summed E-state index contributed by atoms with van der Waals surface area (Å²) in [7, 11) is 1.65. The summed E-state index contributed by atoms with van der Waals surface area (Å²) < 4.78 is 16.8. The molecule has 0 unspecified atom stereocenters. The van der Waals surface area contributed by atoms with Crippen molar-refractivity contribution in [3.05, 3.63) is 41.7 Å². The first-order valence-electron chi connectivity index (χ1n) is 12.7. The fourth-order valence-corrected chi connectivity index (χ4v) is 4.58. The number of methoxy groups -OCH3 is 1. The summed E-state index contributed by atoms with van der Waals surface area (Å²) in [6.45, 7) is 3.31. The van der Waals surface area contributed by atoms with E-state index in [4.69, 9.17) is 14.2 Å². The van der Waals surface area contributed by atoms with Crippen LogP contribution in [-0.4, -0.2) is 36.9 Å². The molecule has 0 spiro atoms. The highest BCUT2D eigenvalue weighted by atomic mass is 16.6. The van der Waals surface area contributed by atoms with Crippen molar-refractivity contribution in [2.45, 2.75) is 103 Å². The lowest BCUT2D eigenvalue weighted by atomic mass is 10.0. The molecule has 0 aliphatic carbocycles. The fraction of sp³-hybridized carbons (Fsp3) is 0.667. The van der Waals surface area contributed by atoms with Crippen LogP contribution in [-0.2, 0) is 16.0 Å². The Morgan fingerprint density at radius 3 is 2.22 bits per heavy atom. The number of rotatable bonds is 15. The third kappa shape index (κ3) is 7.18. The summed E-state index contributed by atoms with van der Waals surface area (Å²) in [5, 5.41) is 0. The van der Waals surface area contributed by atoms with Crippen LogP contribution >= 0.6 is 0 Å². The highest BCUT2D eigenvalue weighted by molar-refractivity contribution is 5.71. The minimum atomic E-state index is -0.256. The maximum atomic E-state index is 12.4. The molecule has 2 saturated heterocycles. The van der Waals surface area contributed by atoms with Gasteiger partial charge < -0.3 is 14.2 Å². The molecule has 0 bridgehead atoms. The molecule has 2 atom stereocenters. The summed E-state index contributed by atoms with van der Waals surface area (Å²) in [5.74, 6) is 1.65. The number of benzene rings is 1. The number of hydrogen-bond donors (Lipinski definition) is 0. The van der Waals surface area contributed by atoms with E-state index in [1.54, 1.807) is 12.0 Å². The normalized spacial score (nSPS) is 21.0. The standard InChI is InChI=1S/C27H41NO4/c1-3-4-5-6-7-8-9-10-11-12-13-14-15-25-26-24(21-31-25)28(27(29)32-26)20-22-16-18-23(30-2)19-17-22/h15-19,24,26H,3-14,20-21H2,1-2H3/t24-,26-/m0/s1. The number of carbonyl (C=O) groups is 1. The topological polar surface area (TPSA) is 48.0 Å². The molecule has 2 fully saturated rings. The molecule has 0 radical (unpaired) electrons. The van der Waals surface area contributed by atoms with Crippen LogP contribution in [0.15, 0.2) is 36.1 Å². The van der Waals surface area contributed by atoms with Gasteiger partial charge in [-0.15, -0.1) is 0 Å². The molecule has 1 aromatic rings. The van der Waals surface area contributed by atoms with Gasteiger partial charge >= 0.3 is 6.09 Å². The summed E-state index contributed by atoms with van der Waals surface area (Å²) in [6.07, 6.45) is 17.4. The number of allylic oxidation sites excluding steroid dienone is 1. The second-order valence-corrected chi connectivity index (χ2v) is 9.09. The summed E-state index contributed by atoms with van der Waals surface area (Å²) >= 11 is 0. The molecule has 5 heteroatoms. The number of nitrogens with zero attached hydrogens (tertiary/aromatic N) is 1. The molecule has 2 heterocycles. The third-order valence-corrected chi connectivity index (χ3v) is 6.58. The molecule has 5 nitrogen and oxygen atoms in total. The van der Waals surface area contributed by atoms with Gasteiger partial charge in [0.25, 0.3) is 0 Å². The summed E-state index contributed by atoms with van der Waals surface area (Å²) in [4.78, 5) is 14.2. The van der Waals surface area contributed by atoms with E-state index in [2.05, 4.69) is 13.0 Å². The third-order valence-electron chi connectivity index (χ3n) is 6.58. The van der Waals surface area contributed by atoms with Crippen LogP contribution in [0.3, 0.4) is 0 Å². The fourth-order valence-electron chi connectivity index (χ4n) is 4.58. The molecule has 178 valence electrons. The van der Waals surface area contributed by atoms with Gasteiger partial charge in [0, 0.05) is 6.54 Å². The highest BCUT2D eigenvalue weighted by Crippen LogP contribution is 2.33. The largest absolute Gasteiger partial charge is 0.497 e. The van der Waals surface area contributed by atoms with Crippen molar-refractivity contribution in [3.8, 4) is 5.75 Å². The van der Waals surface area contributed by atoms with Gasteiger partial charge in [-0.1, -0.05) is 83.3 Å². The van der Waals surface area contributed by atoms with E-state index in [1.807, 2.05) is 24.3 Å². The van der Waals surface area contributed by atoms with Gasteiger partial charge in [0.2, 0.25) is 0 Å². The van der Waals surface area contributed by atoms with Crippen molar-refractivity contribution >= 4 is 6.09 Å². The monoisotopic (exact) mass is 443 g/mol. The van der Waals surface area contributed by atoms with Gasteiger partial charge in [-0.05, 0) is 36.6 Å². The molecular formula is C27H41NO4. The van der Waals surface area contributed by atoms with Gasteiger partial charge in [-0.2, -0.15) is 0 Å². The maximum absolute atomic E-state index is 12.4. The smallest absolute Gasteiger partial charge is 0.411 e. The molecule has 1 aromatic carbocycles. The molecule has 32 heavy (non-hydrogen) atoms. The lowest BCUT2D eigenvalue weighted by Gasteiger charge is -2.18. The van der Waals surface area contributed by atoms with E-state index in [1.165, 1.54) is 70.6 Å². The van der Waals surface area contributed by atoms with Crippen molar-refractivity contribution in [1.82, 2.24) is 4.90 Å². The second kappa shape index (κ2) is 13.4. The zero-order valence-corrected chi connectivity index (χ0v) is 20.0. The number of carbonyl (C=O) groups excluding carboxylic acids is 1. The Bertz CT molecular complexity index is 715. The highest BCUT2D eigenvalue weighted by Gasteiger charge is 2.48. The van der Waals surface area contributed by atoms with Gasteiger partial charge in [-0.3, -0.25) is 4.90 Å². The summed E-state index contributed by atoms with van der Waals surface area (Å²) in [5.41, 5.74) is 1.06. The molecule has 0 aromatic heterocycles. The molecule has 1 amide bonds. The number of ether oxygens (including phenoxy) is 3. The van der Waals surface area contributed by atoms with Crippen LogP contribution in [0, 0.1) is 0 Å². The lowest BCUT2D eigenvalue weighted by Crippen LogP contribution is -2.35. The first-order chi connectivity index (χ1) is 15.7. The lowest BCUT2D eigenvalue weighted by molar-refractivity contribution is 0.118. The summed E-state index contributed by atoms with van der Waals surface area (Å²) in [6, 6.07) is 7.77. The van der Waals surface area contributed by atoms with E-state index < -0.39 is 0 Å². The van der Waals surface area contributed by atoms with Crippen LogP contribution in [0.5, 0.6) is 5.75 Å². The average molecular weight is 444 g/mol. The zero-order valence-electron chi connectivity index (χ0n) is 20.0. The first-order valence-corrected chi connectivity index (χ1v) is 12.7. The quantitative estimate of drug-likeness (QED) is 0.274. The molecule has 2 aliphatic heterocycles. The Morgan fingerprint density at radius 2 is 1.59 bits per heavy atom. The SMILES string of the molecule is CCCCCCCCCCCCCC=C1OC[C@H]2[C@@H]1OC(=O)N2Cc1ccc(OC)cc1. The van der Waals surface area contributed by atoms with Crippen LogP contribution in [0.25, 0.3) is 0 Å². The molecule has 2 aliphatic rings. The van der Waals surface area contributed by atoms with Gasteiger partial charge in [0.15, 0.2) is 6.10 Å². The minimum absolute atomic E-state index is 0.0341. The van der Waals surface area contributed by atoms with E-state index in [-0.39, 0.29) is 18.2 Å². The Balaban J connectivity index is 1.32. The first kappa shape index (κ1) is 24.5. The number of hydrogen-bond acceptors (Lipinski definition) is 4. The van der Waals surface area contributed by atoms with Gasteiger partial charge in [0.1, 0.15) is 24.2 Å². The molecule has 3 rings (SSSR count). The van der Waals surface area contributed by atoms with Crippen LogP contribution in [0.2, 0.25) is 0 Å². The Kier molecular flexibility index (Phi) is 10.2. The number of unbranched alkanes of at least 4 members (excludes halogenated alkanes) is 11. The van der Waals surface area contributed by atoms with Gasteiger partial charge in [-0.25, -0.2) is 4.79 Å². The molecular weight excluding hydrogens is 402 g/mol. The zero-order chi connectivity index (χ0) is 22.6. The predicted octanol–water partition coefficient (Wildman–Crippen LogP) is 7.00. The Labute approximate surface area is 194 Å². The van der Waals surface area contributed by atoms with Crippen LogP contribution in [0.1, 0.15) is 89.5 Å². The van der Waals surface area contributed by atoms with Crippen molar-refractivity contribution in [1.29, 1.82) is 0 Å². The van der Waals surface area contributed by atoms with E-state index in [0.29, 0.717) is 13.2 Å². The van der Waals surface area contributed by atoms with Crippen LogP contribution < -0.4 is 4.74 Å². The van der Waals surface area contributed by atoms with Crippen LogP contribution in [0.4, 0.5) is 4.79 Å².